The van der Waals surface area contributed by atoms with E-state index in [2.05, 4.69) is 126 Å². The van der Waals surface area contributed by atoms with Gasteiger partial charge in [0, 0.05) is 0 Å². The van der Waals surface area contributed by atoms with E-state index in [4.69, 9.17) is 0 Å². The first-order valence-electron chi connectivity index (χ1n) is 10.2. The number of hydrogen-bond donors (Lipinski definition) is 0. The molecule has 0 fully saturated rings. The van der Waals surface area contributed by atoms with Gasteiger partial charge in [-0.2, -0.15) is 27.8 Å². The molecule has 4 aromatic carbocycles. The Morgan fingerprint density at radius 2 is 0.767 bits per heavy atom. The molecule has 0 bridgehead atoms. The van der Waals surface area contributed by atoms with Crippen LogP contribution in [-0.2, 0) is 22.4 Å². The van der Waals surface area contributed by atoms with E-state index in [9.17, 15) is 0 Å². The summed E-state index contributed by atoms with van der Waals surface area (Å²) in [4.78, 5) is 0. The molecule has 0 aromatic heterocycles. The fourth-order valence-electron chi connectivity index (χ4n) is 3.58. The van der Waals surface area contributed by atoms with Gasteiger partial charge in [0.1, 0.15) is 0 Å². The molecule has 0 nitrogen and oxygen atoms in total. The van der Waals surface area contributed by atoms with Crippen molar-refractivity contribution in [3.05, 3.63) is 119 Å². The summed E-state index contributed by atoms with van der Waals surface area (Å²) in [5.74, 6) is 0. The second-order valence-electron chi connectivity index (χ2n) is 7.47. The van der Waals surface area contributed by atoms with Crippen LogP contribution in [0.2, 0.25) is 0 Å². The minimum atomic E-state index is -0.446. The van der Waals surface area contributed by atoms with E-state index in [1.54, 1.807) is 0 Å². The van der Waals surface area contributed by atoms with Crippen LogP contribution in [0.4, 0.5) is 0 Å². The van der Waals surface area contributed by atoms with Crippen LogP contribution in [0.15, 0.2) is 91.0 Å². The van der Waals surface area contributed by atoms with Gasteiger partial charge in [-0.15, -0.1) is 0 Å². The molecule has 0 radical (unpaired) electrons. The zero-order valence-electron chi connectivity index (χ0n) is 18.4. The molecule has 30 heavy (non-hydrogen) atoms. The topological polar surface area (TPSA) is 0 Å². The molecule has 0 saturated heterocycles. The van der Waals surface area contributed by atoms with Crippen molar-refractivity contribution in [2.24, 2.45) is 0 Å². The average molecular weight is 594 g/mol. The molecule has 0 N–H and O–H groups in total. The normalized spacial score (nSPS) is 10.2. The third-order valence-corrected chi connectivity index (χ3v) is 8.30. The average Bonchev–Trinajstić information content (AvgIpc) is 2.94. The van der Waals surface area contributed by atoms with E-state index in [1.807, 2.05) is 0 Å². The van der Waals surface area contributed by atoms with Gasteiger partial charge in [0.25, 0.3) is 0 Å². The van der Waals surface area contributed by atoms with Crippen LogP contribution in [-0.4, -0.2) is 0 Å². The molecular formula is C28H30AuP. The monoisotopic (exact) mass is 594 g/mol. The third-order valence-electron chi connectivity index (χ3n) is 5.86. The molecule has 0 aliphatic carbocycles. The molecule has 2 heteroatoms. The molecule has 0 aliphatic heterocycles. The Morgan fingerprint density at radius 3 is 0.967 bits per heavy atom. The molecule has 0 spiro atoms. The van der Waals surface area contributed by atoms with Crippen LogP contribution in [0.5, 0.6) is 0 Å². The maximum absolute atomic E-state index is 2.23. The number of benzene rings is 3. The van der Waals surface area contributed by atoms with Gasteiger partial charge in [-0.25, -0.2) is 0 Å². The van der Waals surface area contributed by atoms with Gasteiger partial charge >= 0.3 is 22.4 Å². The molecule has 4 rings (SSSR count). The van der Waals surface area contributed by atoms with E-state index in [0.29, 0.717) is 0 Å². The summed E-state index contributed by atoms with van der Waals surface area (Å²) in [6.45, 7) is 11.0. The van der Waals surface area contributed by atoms with Gasteiger partial charge in [-0.05, 0) is 23.8 Å². The molecule has 0 unspecified atom stereocenters. The Labute approximate surface area is 199 Å². The van der Waals surface area contributed by atoms with Crippen molar-refractivity contribution >= 4 is 23.8 Å². The quantitative estimate of drug-likeness (QED) is 0.147. The second kappa shape index (κ2) is 11.5. The Bertz CT molecular complexity index is 860. The Morgan fingerprint density at radius 1 is 0.500 bits per heavy atom. The SMILES string of the molecule is Cc1c(C)c(C)[c-](C)c1C.[Au+].c1ccc(P(c2ccccc2)c2ccccc2)cc1. The van der Waals surface area contributed by atoms with Gasteiger partial charge < -0.3 is 0 Å². The molecule has 0 heterocycles. The summed E-state index contributed by atoms with van der Waals surface area (Å²) < 4.78 is 0. The minimum Gasteiger partial charge on any atom is -0.196 e. The predicted octanol–water partition coefficient (Wildman–Crippen LogP) is 6.39. The first kappa shape index (κ1) is 24.4. The summed E-state index contributed by atoms with van der Waals surface area (Å²) in [5, 5.41) is 4.19. The van der Waals surface area contributed by atoms with Crippen molar-refractivity contribution in [3.63, 3.8) is 0 Å². The van der Waals surface area contributed by atoms with Crippen LogP contribution in [0.3, 0.4) is 0 Å². The summed E-state index contributed by atoms with van der Waals surface area (Å²) in [5.41, 5.74) is 7.34. The Balaban J connectivity index is 0.000000249. The van der Waals surface area contributed by atoms with E-state index in [0.717, 1.165) is 0 Å². The van der Waals surface area contributed by atoms with E-state index >= 15 is 0 Å². The summed E-state index contributed by atoms with van der Waals surface area (Å²) in [7, 11) is -0.446. The van der Waals surface area contributed by atoms with Crippen molar-refractivity contribution in [1.82, 2.24) is 0 Å². The largest absolute Gasteiger partial charge is 1.00 e. The van der Waals surface area contributed by atoms with Gasteiger partial charge in [-0.3, -0.25) is 0 Å². The predicted molar refractivity (Wildman–Crippen MR) is 131 cm³/mol. The molecule has 0 amide bonds. The van der Waals surface area contributed by atoms with Gasteiger partial charge in [0.2, 0.25) is 0 Å². The van der Waals surface area contributed by atoms with Crippen molar-refractivity contribution in [2.75, 3.05) is 0 Å². The molecular weight excluding hydrogens is 564 g/mol. The van der Waals surface area contributed by atoms with Crippen LogP contribution >= 0.6 is 7.92 Å². The van der Waals surface area contributed by atoms with Gasteiger partial charge in [-0.1, -0.05) is 126 Å². The Kier molecular flexibility index (Phi) is 9.40. The maximum Gasteiger partial charge on any atom is 1.00 e. The van der Waals surface area contributed by atoms with Crippen LogP contribution in [0.1, 0.15) is 27.8 Å². The molecule has 158 valence electrons. The van der Waals surface area contributed by atoms with Crippen LogP contribution in [0, 0.1) is 34.6 Å². The minimum absolute atomic E-state index is 0. The van der Waals surface area contributed by atoms with Gasteiger partial charge in [0.05, 0.1) is 0 Å². The fraction of sp³-hybridized carbons (Fsp3) is 0.179. The third kappa shape index (κ3) is 5.65. The van der Waals surface area contributed by atoms with Crippen molar-refractivity contribution in [2.45, 2.75) is 34.6 Å². The zero-order chi connectivity index (χ0) is 20.8. The smallest absolute Gasteiger partial charge is 0.196 e. The summed E-state index contributed by atoms with van der Waals surface area (Å²) in [6.07, 6.45) is 0. The number of rotatable bonds is 3. The van der Waals surface area contributed by atoms with E-state index < -0.39 is 7.92 Å². The summed E-state index contributed by atoms with van der Waals surface area (Å²) >= 11 is 0. The zero-order valence-corrected chi connectivity index (χ0v) is 21.5. The van der Waals surface area contributed by atoms with E-state index in [1.165, 1.54) is 43.7 Å². The van der Waals surface area contributed by atoms with Crippen molar-refractivity contribution in [1.29, 1.82) is 0 Å². The second-order valence-corrected chi connectivity index (χ2v) is 9.69. The first-order valence-corrected chi connectivity index (χ1v) is 11.5. The van der Waals surface area contributed by atoms with Gasteiger partial charge in [0.15, 0.2) is 0 Å². The van der Waals surface area contributed by atoms with Crippen molar-refractivity contribution in [3.8, 4) is 0 Å². The maximum atomic E-state index is 2.23. The fourth-order valence-corrected chi connectivity index (χ4v) is 5.89. The summed E-state index contributed by atoms with van der Waals surface area (Å²) in [6, 6.07) is 32.3. The van der Waals surface area contributed by atoms with Crippen LogP contribution in [0.25, 0.3) is 0 Å². The molecule has 0 atom stereocenters. The first-order chi connectivity index (χ1) is 14.0. The van der Waals surface area contributed by atoms with Crippen LogP contribution < -0.4 is 15.9 Å². The molecule has 4 aromatic rings. The van der Waals surface area contributed by atoms with E-state index in [-0.39, 0.29) is 22.4 Å². The number of hydrogen-bond acceptors (Lipinski definition) is 0. The Hall–Kier alpha value is -1.82. The molecule has 0 saturated carbocycles. The standard InChI is InChI=1S/C18H15P.C10H15.Au/c1-4-10-16(11-5-1)19(17-12-6-2-7-13-17)18-14-8-3-9-15-18;1-6-7(2)9(4)10(5)8(6)3;/h1-15H;1-5H3;/q;-1;+1. The van der Waals surface area contributed by atoms with Crippen molar-refractivity contribution < 1.29 is 22.4 Å². The molecule has 0 aliphatic rings.